The van der Waals surface area contributed by atoms with Crippen LogP contribution in [0, 0.1) is 0 Å². The Morgan fingerprint density at radius 3 is 3.00 bits per heavy atom. The molecule has 17 heavy (non-hydrogen) atoms. The predicted octanol–water partition coefficient (Wildman–Crippen LogP) is 0.759. The van der Waals surface area contributed by atoms with Gasteiger partial charge in [-0.2, -0.15) is 0 Å². The van der Waals surface area contributed by atoms with Crippen LogP contribution in [0.2, 0.25) is 0 Å². The Balaban J connectivity index is 2.62. The van der Waals surface area contributed by atoms with E-state index in [1.165, 1.54) is 11.3 Å². The molecule has 0 bridgehead atoms. The van der Waals surface area contributed by atoms with E-state index in [9.17, 15) is 0 Å². The van der Waals surface area contributed by atoms with Gasteiger partial charge in [0.2, 0.25) is 0 Å². The summed E-state index contributed by atoms with van der Waals surface area (Å²) in [5, 5.41) is 0.522. The summed E-state index contributed by atoms with van der Waals surface area (Å²) in [4.78, 5) is 12.8. The lowest BCUT2D eigenvalue weighted by Gasteiger charge is -2.02. The number of nitrogen functional groups attached to an aromatic ring is 1. The molecule has 0 spiro atoms. The summed E-state index contributed by atoms with van der Waals surface area (Å²) in [5.74, 6) is 0. The van der Waals surface area contributed by atoms with E-state index in [-0.39, 0.29) is 0 Å². The van der Waals surface area contributed by atoms with Crippen LogP contribution in [0.5, 0.6) is 0 Å². The normalized spacial score (nSPS) is 11.1. The Hall–Kier alpha value is -1.95. The average Bonchev–Trinajstić information content (AvgIpc) is 2.64. The third kappa shape index (κ3) is 2.26. The lowest BCUT2D eigenvalue weighted by atomic mass is 10.0. The van der Waals surface area contributed by atoms with Gasteiger partial charge < -0.3 is 5.73 Å². The fraction of sp³-hybridized carbons (Fsp3) is 0. The summed E-state index contributed by atoms with van der Waals surface area (Å²) >= 11 is 1.39. The monoisotopic (exact) mass is 242 g/mol. The summed E-state index contributed by atoms with van der Waals surface area (Å²) in [5.41, 5.74) is 8.73. The van der Waals surface area contributed by atoms with Crippen LogP contribution in [0.15, 0.2) is 30.3 Å². The van der Waals surface area contributed by atoms with E-state index in [1.54, 1.807) is 12.3 Å². The van der Waals surface area contributed by atoms with Gasteiger partial charge in [-0.25, -0.2) is 4.98 Å². The molecule has 0 aromatic carbocycles. The summed E-state index contributed by atoms with van der Waals surface area (Å²) in [7, 11) is 1.91. The minimum Gasteiger partial charge on any atom is -0.375 e. The minimum atomic E-state index is 0.522. The van der Waals surface area contributed by atoms with E-state index in [0.29, 0.717) is 10.8 Å². The number of hydrogen-bond acceptors (Lipinski definition) is 5. The second-order valence-corrected chi connectivity index (χ2v) is 4.50. The van der Waals surface area contributed by atoms with Crippen LogP contribution in [0.4, 0.5) is 5.13 Å². The number of fused-ring (bicyclic) bond motifs is 1. The molecule has 2 rings (SSSR count). The van der Waals surface area contributed by atoms with Crippen LogP contribution in [-0.2, 0) is 0 Å². The number of rotatable bonds is 3. The molecule has 6 heteroatoms. The zero-order valence-electron chi connectivity index (χ0n) is 9.47. The summed E-state index contributed by atoms with van der Waals surface area (Å²) in [6.07, 6.45) is 3.18. The lowest BCUT2D eigenvalue weighted by molar-refractivity contribution is 1.34. The van der Waals surface area contributed by atoms with Crippen molar-refractivity contribution < 1.29 is 0 Å². The summed E-state index contributed by atoms with van der Waals surface area (Å²) in [6, 6.07) is 1.90. The van der Waals surface area contributed by atoms with Crippen LogP contribution < -0.4 is 11.3 Å². The van der Waals surface area contributed by atoms with Crippen molar-refractivity contribution in [2.45, 2.75) is 0 Å². The van der Waals surface area contributed by atoms with Crippen LogP contribution in [0.3, 0.4) is 0 Å². The molecule has 84 valence electrons. The first-order chi connectivity index (χ1) is 8.11. The van der Waals surface area contributed by atoms with Crippen molar-refractivity contribution in [1.82, 2.24) is 9.97 Å². The number of aromatic nitrogens is 2. The average molecular weight is 242 g/mol. The van der Waals surface area contributed by atoms with Crippen molar-refractivity contribution in [3.8, 4) is 0 Å². The Labute approximate surface area is 104 Å². The Morgan fingerprint density at radius 1 is 1.53 bits per heavy atom. The van der Waals surface area contributed by atoms with Crippen molar-refractivity contribution in [3.63, 3.8) is 0 Å². The number of aliphatic imine (C=N–C) groups is 1. The maximum absolute atomic E-state index is 5.71. The SMILES string of the molecule is Bc1cc2nc(N)sc2c(C(=C)/N=C\C=C)n1. The first kappa shape index (κ1) is 11.5. The van der Waals surface area contributed by atoms with E-state index in [0.717, 1.165) is 21.5 Å². The first-order valence-corrected chi connectivity index (χ1v) is 5.81. The number of allylic oxidation sites excluding steroid dienone is 1. The number of thiazole rings is 1. The van der Waals surface area contributed by atoms with E-state index in [1.807, 2.05) is 13.9 Å². The zero-order chi connectivity index (χ0) is 12.4. The van der Waals surface area contributed by atoms with E-state index in [4.69, 9.17) is 5.73 Å². The minimum absolute atomic E-state index is 0.522. The Morgan fingerprint density at radius 2 is 2.29 bits per heavy atom. The molecule has 0 atom stereocenters. The molecule has 2 aromatic heterocycles. The smallest absolute Gasteiger partial charge is 0.181 e. The van der Waals surface area contributed by atoms with Crippen molar-refractivity contribution in [3.05, 3.63) is 31.0 Å². The van der Waals surface area contributed by atoms with Crippen molar-refractivity contribution in [2.75, 3.05) is 5.73 Å². The van der Waals surface area contributed by atoms with Gasteiger partial charge in [-0.3, -0.25) is 9.98 Å². The topological polar surface area (TPSA) is 64.2 Å². The molecule has 0 saturated heterocycles. The first-order valence-electron chi connectivity index (χ1n) is 5.00. The van der Waals surface area contributed by atoms with Crippen molar-refractivity contribution in [2.24, 2.45) is 4.99 Å². The van der Waals surface area contributed by atoms with E-state index in [2.05, 4.69) is 28.1 Å². The fourth-order valence-corrected chi connectivity index (χ4v) is 2.30. The number of nitrogens with two attached hydrogens (primary N) is 1. The standard InChI is InChI=1S/C11H11BN4S/c1-3-4-14-6(2)9-10-7(5-8(12)16-9)15-11(13)17-10/h3-5H,1-2,12H2,(H2,13,15)/b14-4-. The molecule has 2 aromatic rings. The molecular formula is C11H11BN4S. The third-order valence-corrected chi connectivity index (χ3v) is 3.03. The molecule has 0 unspecified atom stereocenters. The highest BCUT2D eigenvalue weighted by Gasteiger charge is 2.11. The van der Waals surface area contributed by atoms with Gasteiger partial charge in [-0.05, 0) is 11.7 Å². The van der Waals surface area contributed by atoms with Gasteiger partial charge in [0.15, 0.2) is 13.0 Å². The molecule has 0 saturated carbocycles. The lowest BCUT2D eigenvalue weighted by Crippen LogP contribution is -2.09. The van der Waals surface area contributed by atoms with Crippen LogP contribution in [0.1, 0.15) is 5.69 Å². The summed E-state index contributed by atoms with van der Waals surface area (Å²) < 4.78 is 0.916. The largest absolute Gasteiger partial charge is 0.375 e. The van der Waals surface area contributed by atoms with Gasteiger partial charge in [-0.15, -0.1) is 0 Å². The van der Waals surface area contributed by atoms with Gasteiger partial charge in [0.05, 0.1) is 15.9 Å². The van der Waals surface area contributed by atoms with Gasteiger partial charge in [0.1, 0.15) is 5.69 Å². The third-order valence-electron chi connectivity index (χ3n) is 2.13. The van der Waals surface area contributed by atoms with Gasteiger partial charge in [-0.1, -0.05) is 30.6 Å². The van der Waals surface area contributed by atoms with Crippen molar-refractivity contribution in [1.29, 1.82) is 0 Å². The molecule has 0 amide bonds. The Bertz CT molecular complexity index is 630. The molecule has 4 nitrogen and oxygen atoms in total. The second kappa shape index (κ2) is 4.51. The molecule has 0 aliphatic heterocycles. The fourth-order valence-electron chi connectivity index (χ4n) is 1.47. The number of pyridine rings is 1. The highest BCUT2D eigenvalue weighted by molar-refractivity contribution is 7.22. The molecule has 2 heterocycles. The Kier molecular flexibility index (Phi) is 3.06. The highest BCUT2D eigenvalue weighted by atomic mass is 32.1. The molecule has 0 fully saturated rings. The predicted molar refractivity (Wildman–Crippen MR) is 77.7 cm³/mol. The van der Waals surface area contributed by atoms with E-state index < -0.39 is 0 Å². The van der Waals surface area contributed by atoms with Crippen molar-refractivity contribution >= 4 is 52.0 Å². The maximum atomic E-state index is 5.71. The molecule has 0 aliphatic rings. The maximum Gasteiger partial charge on any atom is 0.181 e. The number of hydrogen-bond donors (Lipinski definition) is 1. The van der Waals surface area contributed by atoms with Crippen LogP contribution in [0.25, 0.3) is 15.9 Å². The number of nitrogens with zero attached hydrogens (tertiary/aromatic N) is 3. The molecule has 0 aliphatic carbocycles. The van der Waals surface area contributed by atoms with Crippen LogP contribution in [-0.4, -0.2) is 24.0 Å². The number of anilines is 1. The van der Waals surface area contributed by atoms with Gasteiger partial charge >= 0.3 is 0 Å². The highest BCUT2D eigenvalue weighted by Crippen LogP contribution is 2.28. The van der Waals surface area contributed by atoms with E-state index >= 15 is 0 Å². The zero-order valence-corrected chi connectivity index (χ0v) is 10.3. The molecule has 2 N–H and O–H groups in total. The van der Waals surface area contributed by atoms with Crippen LogP contribution >= 0.6 is 11.3 Å². The van der Waals surface area contributed by atoms with Gasteiger partial charge in [0, 0.05) is 6.21 Å². The quantitative estimate of drug-likeness (QED) is 0.638. The van der Waals surface area contributed by atoms with Gasteiger partial charge in [0.25, 0.3) is 0 Å². The second-order valence-electron chi connectivity index (χ2n) is 3.47. The molecular weight excluding hydrogens is 231 g/mol. The molecule has 0 radical (unpaired) electrons. The summed E-state index contributed by atoms with van der Waals surface area (Å²) in [6.45, 7) is 7.46.